The maximum absolute atomic E-state index is 14.3. The molecular weight excluding hydrogens is 488 g/mol. The first-order valence-electron chi connectivity index (χ1n) is 8.78. The van der Waals surface area contributed by atoms with E-state index in [0.717, 1.165) is 30.3 Å². The third-order valence-electron chi connectivity index (χ3n) is 4.10. The molecule has 7 nitrogen and oxygen atoms in total. The maximum Gasteiger partial charge on any atom is 0.434 e. The average molecular weight is 499 g/mol. The van der Waals surface area contributed by atoms with E-state index >= 15 is 0 Å². The lowest BCUT2D eigenvalue weighted by Gasteiger charge is -2.13. The van der Waals surface area contributed by atoms with Gasteiger partial charge in [-0.05, 0) is 54.6 Å². The molecule has 0 bridgehead atoms. The number of carbonyl (C=O) groups is 1. The molecule has 0 saturated carbocycles. The van der Waals surface area contributed by atoms with Gasteiger partial charge in [-0.15, -0.1) is 0 Å². The number of anilines is 2. The van der Waals surface area contributed by atoms with Crippen LogP contribution in [0.15, 0.2) is 59.5 Å². The van der Waals surface area contributed by atoms with Crippen molar-refractivity contribution in [1.29, 1.82) is 5.26 Å². The predicted molar refractivity (Wildman–Crippen MR) is 111 cm³/mol. The van der Waals surface area contributed by atoms with Gasteiger partial charge in [0.1, 0.15) is 22.5 Å². The smallest absolute Gasteiger partial charge is 0.322 e. The molecule has 0 aliphatic heterocycles. The van der Waals surface area contributed by atoms with Crippen molar-refractivity contribution >= 4 is 38.9 Å². The summed E-state index contributed by atoms with van der Waals surface area (Å²) in [5, 5.41) is 11.2. The lowest BCUT2D eigenvalue weighted by molar-refractivity contribution is -0.141. The zero-order valence-electron chi connectivity index (χ0n) is 16.1. The van der Waals surface area contributed by atoms with Crippen LogP contribution in [-0.4, -0.2) is 19.3 Å². The highest BCUT2D eigenvalue weighted by Gasteiger charge is 2.37. The molecule has 0 aliphatic carbocycles. The zero-order chi connectivity index (χ0) is 24.4. The fourth-order valence-electron chi connectivity index (χ4n) is 2.63. The van der Waals surface area contributed by atoms with Crippen molar-refractivity contribution in [2.24, 2.45) is 0 Å². The van der Waals surface area contributed by atoms with Gasteiger partial charge < -0.3 is 5.32 Å². The first-order valence-corrected chi connectivity index (χ1v) is 10.6. The topological polar surface area (TPSA) is 112 Å². The SMILES string of the molecule is N#Cc1ccc(C(=O)Nc2ccc(F)c(S(=O)(=O)Nc3ccc(Cl)cc3)c2)c(C(F)(F)F)n1. The van der Waals surface area contributed by atoms with Crippen LogP contribution in [-0.2, 0) is 16.2 Å². The number of carbonyl (C=O) groups excluding carboxylic acids is 1. The van der Waals surface area contributed by atoms with Gasteiger partial charge in [0.15, 0.2) is 5.69 Å². The number of pyridine rings is 1. The minimum atomic E-state index is -5.04. The van der Waals surface area contributed by atoms with Crippen LogP contribution < -0.4 is 10.0 Å². The number of nitriles is 1. The minimum absolute atomic E-state index is 0.0757. The van der Waals surface area contributed by atoms with Crippen LogP contribution in [0.4, 0.5) is 28.9 Å². The number of nitrogens with one attached hydrogen (secondary N) is 2. The van der Waals surface area contributed by atoms with Crippen LogP contribution in [0.2, 0.25) is 5.02 Å². The molecule has 1 amide bonds. The number of hydrogen-bond acceptors (Lipinski definition) is 5. The van der Waals surface area contributed by atoms with E-state index in [-0.39, 0.29) is 11.4 Å². The summed E-state index contributed by atoms with van der Waals surface area (Å²) in [4.78, 5) is 14.7. The minimum Gasteiger partial charge on any atom is -0.322 e. The van der Waals surface area contributed by atoms with Gasteiger partial charge >= 0.3 is 6.18 Å². The lowest BCUT2D eigenvalue weighted by atomic mass is 10.1. The zero-order valence-corrected chi connectivity index (χ0v) is 17.7. The summed E-state index contributed by atoms with van der Waals surface area (Å²) in [6.45, 7) is 0. The highest BCUT2D eigenvalue weighted by atomic mass is 35.5. The Balaban J connectivity index is 1.92. The Labute approximate surface area is 189 Å². The summed E-state index contributed by atoms with van der Waals surface area (Å²) >= 11 is 5.73. The highest BCUT2D eigenvalue weighted by molar-refractivity contribution is 7.92. The van der Waals surface area contributed by atoms with Gasteiger partial charge in [-0.2, -0.15) is 18.4 Å². The Bertz CT molecular complexity index is 1370. The summed E-state index contributed by atoms with van der Waals surface area (Å²) in [7, 11) is -4.47. The third-order valence-corrected chi connectivity index (χ3v) is 5.75. The number of amides is 1. The van der Waals surface area contributed by atoms with E-state index < -0.39 is 49.8 Å². The summed E-state index contributed by atoms with van der Waals surface area (Å²) in [5.74, 6) is -2.45. The van der Waals surface area contributed by atoms with Gasteiger partial charge in [0, 0.05) is 16.4 Å². The molecule has 0 fully saturated rings. The number of aromatic nitrogens is 1. The van der Waals surface area contributed by atoms with Gasteiger partial charge in [0.05, 0.1) is 5.56 Å². The Morgan fingerprint density at radius 3 is 2.27 bits per heavy atom. The molecule has 1 aromatic heterocycles. The first-order chi connectivity index (χ1) is 15.4. The van der Waals surface area contributed by atoms with E-state index in [2.05, 4.69) is 15.0 Å². The lowest BCUT2D eigenvalue weighted by Crippen LogP contribution is -2.21. The molecule has 0 atom stereocenters. The van der Waals surface area contributed by atoms with Crippen LogP contribution in [0.5, 0.6) is 0 Å². The second-order valence-electron chi connectivity index (χ2n) is 6.41. The fraction of sp³-hybridized carbons (Fsp3) is 0.0500. The monoisotopic (exact) mass is 498 g/mol. The quantitative estimate of drug-likeness (QED) is 0.490. The van der Waals surface area contributed by atoms with E-state index in [1.807, 2.05) is 0 Å². The van der Waals surface area contributed by atoms with Crippen molar-refractivity contribution < 1.29 is 30.8 Å². The normalized spacial score (nSPS) is 11.5. The van der Waals surface area contributed by atoms with E-state index in [0.29, 0.717) is 5.02 Å². The van der Waals surface area contributed by atoms with E-state index in [4.69, 9.17) is 16.9 Å². The summed E-state index contributed by atoms with van der Waals surface area (Å²) < 4.78 is 81.4. The molecule has 3 aromatic rings. The predicted octanol–water partition coefficient (Wildman–Crippen LogP) is 4.82. The number of hydrogen-bond donors (Lipinski definition) is 2. The molecule has 1 heterocycles. The molecule has 2 aromatic carbocycles. The van der Waals surface area contributed by atoms with Crippen LogP contribution in [0.1, 0.15) is 21.7 Å². The summed E-state index contributed by atoms with van der Waals surface area (Å²) in [5.41, 5.74) is -3.28. The summed E-state index contributed by atoms with van der Waals surface area (Å²) in [6, 6.07) is 11.0. The van der Waals surface area contributed by atoms with Crippen molar-refractivity contribution in [3.63, 3.8) is 0 Å². The number of benzene rings is 2. The van der Waals surface area contributed by atoms with Gasteiger partial charge in [-0.3, -0.25) is 9.52 Å². The van der Waals surface area contributed by atoms with Crippen LogP contribution in [0.3, 0.4) is 0 Å². The number of rotatable bonds is 5. The molecule has 0 saturated heterocycles. The van der Waals surface area contributed by atoms with Crippen molar-refractivity contribution in [3.05, 3.63) is 82.4 Å². The van der Waals surface area contributed by atoms with Gasteiger partial charge in [0.2, 0.25) is 0 Å². The second kappa shape index (κ2) is 9.05. The van der Waals surface area contributed by atoms with Crippen molar-refractivity contribution in [3.8, 4) is 6.07 Å². The van der Waals surface area contributed by atoms with Gasteiger partial charge in [-0.1, -0.05) is 11.6 Å². The molecule has 0 spiro atoms. The maximum atomic E-state index is 14.3. The Hall–Kier alpha value is -3.69. The molecule has 0 unspecified atom stereocenters. The Kier molecular flexibility index (Phi) is 6.57. The van der Waals surface area contributed by atoms with E-state index in [1.165, 1.54) is 30.3 Å². The second-order valence-corrected chi connectivity index (χ2v) is 8.50. The van der Waals surface area contributed by atoms with Crippen LogP contribution >= 0.6 is 11.6 Å². The standard InChI is InChI=1S/C20H11ClF4N4O3S/c21-11-1-3-12(4-2-11)29-33(31,32)17-9-13(6-8-16(17)22)28-19(30)15-7-5-14(10-26)27-18(15)20(23,24)25/h1-9,29H,(H,28,30). The van der Waals surface area contributed by atoms with Gasteiger partial charge in [-0.25, -0.2) is 17.8 Å². The molecule has 0 radical (unpaired) electrons. The number of sulfonamides is 1. The van der Waals surface area contributed by atoms with Crippen molar-refractivity contribution in [1.82, 2.24) is 4.98 Å². The summed E-state index contributed by atoms with van der Waals surface area (Å²) in [6.07, 6.45) is -5.04. The Morgan fingerprint density at radius 1 is 1.03 bits per heavy atom. The Morgan fingerprint density at radius 2 is 1.67 bits per heavy atom. The molecular formula is C20H11ClF4N4O3S. The fourth-order valence-corrected chi connectivity index (χ4v) is 3.92. The first kappa shape index (κ1) is 24.0. The third kappa shape index (κ3) is 5.57. The van der Waals surface area contributed by atoms with E-state index in [9.17, 15) is 30.8 Å². The number of halogens is 5. The van der Waals surface area contributed by atoms with Crippen molar-refractivity contribution in [2.45, 2.75) is 11.1 Å². The number of alkyl halides is 3. The highest BCUT2D eigenvalue weighted by Crippen LogP contribution is 2.31. The largest absolute Gasteiger partial charge is 0.434 e. The molecule has 33 heavy (non-hydrogen) atoms. The van der Waals surface area contributed by atoms with Crippen LogP contribution in [0, 0.1) is 17.1 Å². The van der Waals surface area contributed by atoms with Crippen molar-refractivity contribution in [2.75, 3.05) is 10.0 Å². The number of nitrogens with zero attached hydrogens (tertiary/aromatic N) is 2. The molecule has 13 heteroatoms. The van der Waals surface area contributed by atoms with Crippen LogP contribution in [0.25, 0.3) is 0 Å². The van der Waals surface area contributed by atoms with Gasteiger partial charge in [0.25, 0.3) is 15.9 Å². The molecule has 3 rings (SSSR count). The average Bonchev–Trinajstić information content (AvgIpc) is 2.75. The molecule has 170 valence electrons. The molecule has 2 N–H and O–H groups in total. The molecule has 0 aliphatic rings. The van der Waals surface area contributed by atoms with E-state index in [1.54, 1.807) is 0 Å².